The summed E-state index contributed by atoms with van der Waals surface area (Å²) in [5.74, 6) is -3.18. The molecule has 1 saturated heterocycles. The lowest BCUT2D eigenvalue weighted by atomic mass is 9.72. The molecule has 12 heteroatoms. The van der Waals surface area contributed by atoms with Crippen molar-refractivity contribution in [3.63, 3.8) is 0 Å². The SMILES string of the molecule is COc1cccc2c1C(=O)c1c(O)c3c(c(O)c1C2=O)C[C@@](O)(C(C)=O)CC3OC1C[C@H](N)[C@H](O)[C@H](C)O1.Cl. The third kappa shape index (κ3) is 4.39. The van der Waals surface area contributed by atoms with Crippen LogP contribution < -0.4 is 10.5 Å². The first-order valence-corrected chi connectivity index (χ1v) is 12.2. The Morgan fingerprint density at radius 1 is 1.13 bits per heavy atom. The monoisotopic (exact) mass is 563 g/mol. The number of carbonyl (C=O) groups is 3. The van der Waals surface area contributed by atoms with Crippen molar-refractivity contribution in [3.8, 4) is 17.2 Å². The molecule has 6 N–H and O–H groups in total. The van der Waals surface area contributed by atoms with Gasteiger partial charge in [-0.15, -0.1) is 12.4 Å². The van der Waals surface area contributed by atoms with Crippen LogP contribution in [0.15, 0.2) is 18.2 Å². The lowest BCUT2D eigenvalue weighted by Crippen LogP contribution is -2.52. The Bertz CT molecular complexity index is 1370. The van der Waals surface area contributed by atoms with Gasteiger partial charge in [-0.2, -0.15) is 0 Å². The predicted molar refractivity (Wildman–Crippen MR) is 138 cm³/mol. The third-order valence-electron chi connectivity index (χ3n) is 7.80. The fraction of sp³-hybridized carbons (Fsp3) is 0.444. The molecule has 210 valence electrons. The van der Waals surface area contributed by atoms with Gasteiger partial charge in [0.1, 0.15) is 22.8 Å². The molecule has 2 aromatic rings. The van der Waals surface area contributed by atoms with Gasteiger partial charge in [-0.3, -0.25) is 14.4 Å². The number of ether oxygens (including phenoxy) is 3. The van der Waals surface area contributed by atoms with Gasteiger partial charge in [0.05, 0.1) is 42.1 Å². The van der Waals surface area contributed by atoms with Gasteiger partial charge in [0.25, 0.3) is 0 Å². The van der Waals surface area contributed by atoms with E-state index < -0.39 is 82.6 Å². The van der Waals surface area contributed by atoms with E-state index in [4.69, 9.17) is 19.9 Å². The number of benzene rings is 2. The summed E-state index contributed by atoms with van der Waals surface area (Å²) in [5.41, 5.74) is 2.97. The molecule has 0 bridgehead atoms. The molecule has 5 rings (SSSR count). The second-order valence-corrected chi connectivity index (χ2v) is 10.1. The van der Waals surface area contributed by atoms with Crippen molar-refractivity contribution in [2.75, 3.05) is 7.11 Å². The maximum atomic E-state index is 13.6. The Morgan fingerprint density at radius 3 is 2.41 bits per heavy atom. The number of aliphatic hydroxyl groups is 2. The number of rotatable bonds is 4. The zero-order valence-electron chi connectivity index (χ0n) is 21.5. The van der Waals surface area contributed by atoms with Crippen molar-refractivity contribution in [1.82, 2.24) is 0 Å². The minimum atomic E-state index is -2.00. The van der Waals surface area contributed by atoms with Gasteiger partial charge in [0.2, 0.25) is 5.78 Å². The van der Waals surface area contributed by atoms with E-state index in [0.717, 1.165) is 0 Å². The van der Waals surface area contributed by atoms with E-state index in [0.29, 0.717) is 0 Å². The summed E-state index contributed by atoms with van der Waals surface area (Å²) >= 11 is 0. The van der Waals surface area contributed by atoms with E-state index in [1.165, 1.54) is 32.2 Å². The normalized spacial score (nSPS) is 29.5. The fourth-order valence-corrected chi connectivity index (χ4v) is 5.66. The Balaban J connectivity index is 0.00000353. The molecule has 6 atom stereocenters. The molecule has 1 heterocycles. The molecule has 11 nitrogen and oxygen atoms in total. The maximum Gasteiger partial charge on any atom is 0.202 e. The number of nitrogens with two attached hydrogens (primary N) is 1. The quantitative estimate of drug-likeness (QED) is 0.289. The van der Waals surface area contributed by atoms with Crippen LogP contribution in [0.4, 0.5) is 0 Å². The number of carbonyl (C=O) groups excluding carboxylic acids is 3. The highest BCUT2D eigenvalue weighted by atomic mass is 35.5. The van der Waals surface area contributed by atoms with E-state index in [9.17, 15) is 34.8 Å². The van der Waals surface area contributed by atoms with E-state index in [1.54, 1.807) is 6.92 Å². The van der Waals surface area contributed by atoms with Gasteiger partial charge in [0, 0.05) is 42.0 Å². The van der Waals surface area contributed by atoms with Crippen LogP contribution in [0.5, 0.6) is 17.2 Å². The van der Waals surface area contributed by atoms with Crippen LogP contribution in [0.2, 0.25) is 0 Å². The van der Waals surface area contributed by atoms with Gasteiger partial charge < -0.3 is 40.4 Å². The van der Waals surface area contributed by atoms with Crippen molar-refractivity contribution in [2.24, 2.45) is 5.73 Å². The summed E-state index contributed by atoms with van der Waals surface area (Å²) in [7, 11) is 1.34. The molecule has 0 amide bonds. The van der Waals surface area contributed by atoms with Crippen LogP contribution in [0, 0.1) is 0 Å². The highest BCUT2D eigenvalue weighted by Gasteiger charge is 2.49. The summed E-state index contributed by atoms with van der Waals surface area (Å²) in [6, 6.07) is 3.75. The smallest absolute Gasteiger partial charge is 0.202 e. The molecule has 1 fully saturated rings. The molecular weight excluding hydrogens is 534 g/mol. The summed E-state index contributed by atoms with van der Waals surface area (Å²) in [4.78, 5) is 39.6. The van der Waals surface area contributed by atoms with E-state index in [2.05, 4.69) is 0 Å². The lowest BCUT2D eigenvalue weighted by molar-refractivity contribution is -0.247. The number of hydrogen-bond acceptors (Lipinski definition) is 11. The molecule has 39 heavy (non-hydrogen) atoms. The number of phenols is 2. The highest BCUT2D eigenvalue weighted by molar-refractivity contribution is 6.31. The van der Waals surface area contributed by atoms with Gasteiger partial charge in [0.15, 0.2) is 17.9 Å². The first kappa shape index (κ1) is 28.9. The summed E-state index contributed by atoms with van der Waals surface area (Å²) in [6.07, 6.45) is -4.53. The maximum absolute atomic E-state index is 13.6. The van der Waals surface area contributed by atoms with E-state index in [-0.39, 0.29) is 53.3 Å². The second-order valence-electron chi connectivity index (χ2n) is 10.1. The molecule has 3 aliphatic rings. The minimum Gasteiger partial charge on any atom is -0.507 e. The lowest BCUT2D eigenvalue weighted by Gasteiger charge is -2.42. The largest absolute Gasteiger partial charge is 0.507 e. The van der Waals surface area contributed by atoms with Crippen molar-refractivity contribution in [2.45, 2.75) is 69.4 Å². The van der Waals surface area contributed by atoms with Crippen LogP contribution in [-0.2, 0) is 20.7 Å². The van der Waals surface area contributed by atoms with Crippen LogP contribution in [0.1, 0.15) is 75.8 Å². The Labute approximate surface area is 229 Å². The van der Waals surface area contributed by atoms with Crippen LogP contribution in [0.3, 0.4) is 0 Å². The first-order chi connectivity index (χ1) is 17.9. The van der Waals surface area contributed by atoms with Crippen molar-refractivity contribution in [3.05, 3.63) is 51.6 Å². The summed E-state index contributed by atoms with van der Waals surface area (Å²) in [6.45, 7) is 2.79. The number of methoxy groups -OCH3 is 1. The standard InChI is InChI=1S/C27H29NO10.ClH/c1-10-22(30)14(28)7-17(37-10)38-16-9-27(35,11(2)29)8-13-19(16)26(34)21-20(24(13)32)23(31)12-5-4-6-15(36-3)18(12)25(21)33;/h4-6,10,14,16-17,22,30,32,34-35H,7-9,28H2,1-3H3;1H/t10-,14-,16?,17?,22+,27-;/m0./s1. The van der Waals surface area contributed by atoms with Crippen molar-refractivity contribution in [1.29, 1.82) is 0 Å². The van der Waals surface area contributed by atoms with Crippen LogP contribution in [0.25, 0.3) is 0 Å². The van der Waals surface area contributed by atoms with Crippen LogP contribution >= 0.6 is 12.4 Å². The molecular formula is C27H30ClNO10. The number of aliphatic hydroxyl groups excluding tert-OH is 1. The Hall–Kier alpha value is -3.06. The molecule has 2 aliphatic carbocycles. The van der Waals surface area contributed by atoms with E-state index in [1.807, 2.05) is 0 Å². The number of ketones is 3. The zero-order chi connectivity index (χ0) is 27.7. The van der Waals surface area contributed by atoms with Gasteiger partial charge in [-0.25, -0.2) is 0 Å². The van der Waals surface area contributed by atoms with Crippen molar-refractivity contribution < 1.29 is 49.0 Å². The number of phenolic OH excluding ortho intramolecular Hbond substituents is 2. The average molecular weight is 564 g/mol. The Morgan fingerprint density at radius 2 is 1.79 bits per heavy atom. The molecule has 1 aliphatic heterocycles. The van der Waals surface area contributed by atoms with E-state index >= 15 is 0 Å². The number of fused-ring (bicyclic) bond motifs is 3. The second kappa shape index (κ2) is 10.2. The fourth-order valence-electron chi connectivity index (χ4n) is 5.66. The number of halogens is 1. The Kier molecular flexibility index (Phi) is 7.54. The van der Waals surface area contributed by atoms with Gasteiger partial charge >= 0.3 is 0 Å². The molecule has 0 aromatic heterocycles. The number of Topliss-reactive ketones (excluding diaryl/α,β-unsaturated/α-hetero) is 1. The van der Waals surface area contributed by atoms with Crippen molar-refractivity contribution >= 4 is 29.8 Å². The molecule has 0 spiro atoms. The molecule has 2 aromatic carbocycles. The summed E-state index contributed by atoms with van der Waals surface area (Å²) < 4.78 is 17.1. The molecule has 2 unspecified atom stereocenters. The third-order valence-corrected chi connectivity index (χ3v) is 7.80. The number of hydrogen-bond donors (Lipinski definition) is 5. The number of aromatic hydroxyl groups is 2. The minimum absolute atomic E-state index is 0. The first-order valence-electron chi connectivity index (χ1n) is 12.2. The molecule has 0 saturated carbocycles. The van der Waals surface area contributed by atoms with Gasteiger partial charge in [-0.1, -0.05) is 12.1 Å². The average Bonchev–Trinajstić information content (AvgIpc) is 2.87. The summed E-state index contributed by atoms with van der Waals surface area (Å²) in [5, 5.41) is 44.1. The highest BCUT2D eigenvalue weighted by Crippen LogP contribution is 2.52. The van der Waals surface area contributed by atoms with Gasteiger partial charge in [-0.05, 0) is 19.9 Å². The zero-order valence-corrected chi connectivity index (χ0v) is 22.3. The topological polar surface area (TPSA) is 186 Å². The molecule has 0 radical (unpaired) electrons. The van der Waals surface area contributed by atoms with Crippen LogP contribution in [-0.4, -0.2) is 75.0 Å². The predicted octanol–water partition coefficient (Wildman–Crippen LogP) is 1.45.